The SMILES string of the molecule is NCC(N)c1cc(Cl)cs1. The highest BCUT2D eigenvalue weighted by atomic mass is 35.5. The lowest BCUT2D eigenvalue weighted by atomic mass is 10.3. The molecule has 56 valence electrons. The molecule has 1 unspecified atom stereocenters. The molecule has 0 aromatic carbocycles. The Balaban J connectivity index is 2.74. The Morgan fingerprint density at radius 3 is 2.80 bits per heavy atom. The third-order valence-electron chi connectivity index (χ3n) is 1.21. The van der Waals surface area contributed by atoms with Crippen molar-refractivity contribution in [2.75, 3.05) is 6.54 Å². The molecular formula is C6H9ClN2S. The van der Waals surface area contributed by atoms with Crippen LogP contribution in [0, 0.1) is 0 Å². The maximum absolute atomic E-state index is 5.68. The fraction of sp³-hybridized carbons (Fsp3) is 0.333. The molecule has 0 saturated carbocycles. The van der Waals surface area contributed by atoms with Crippen molar-refractivity contribution in [2.45, 2.75) is 6.04 Å². The van der Waals surface area contributed by atoms with E-state index in [0.29, 0.717) is 6.54 Å². The molecule has 0 aliphatic rings. The Bertz CT molecular complexity index is 211. The van der Waals surface area contributed by atoms with Crippen LogP contribution in [-0.4, -0.2) is 6.54 Å². The zero-order chi connectivity index (χ0) is 7.56. The molecule has 0 radical (unpaired) electrons. The summed E-state index contributed by atoms with van der Waals surface area (Å²) in [6.45, 7) is 0.469. The molecule has 1 aromatic rings. The van der Waals surface area contributed by atoms with Gasteiger partial charge in [-0.05, 0) is 6.07 Å². The predicted octanol–water partition coefficient (Wildman–Crippen LogP) is 1.36. The Hall–Kier alpha value is -0.0900. The third kappa shape index (κ3) is 1.70. The van der Waals surface area contributed by atoms with Crippen LogP contribution >= 0.6 is 22.9 Å². The van der Waals surface area contributed by atoms with Crippen molar-refractivity contribution in [3.8, 4) is 0 Å². The summed E-state index contributed by atoms with van der Waals surface area (Å²) in [5, 5.41) is 2.59. The summed E-state index contributed by atoms with van der Waals surface area (Å²) in [4.78, 5) is 1.05. The van der Waals surface area contributed by atoms with Crippen LogP contribution < -0.4 is 11.5 Å². The molecule has 0 amide bonds. The molecule has 0 saturated heterocycles. The molecule has 1 aromatic heterocycles. The first-order valence-corrected chi connectivity index (χ1v) is 4.19. The molecule has 0 aliphatic heterocycles. The van der Waals surface area contributed by atoms with E-state index in [0.717, 1.165) is 9.90 Å². The Labute approximate surface area is 68.8 Å². The van der Waals surface area contributed by atoms with Crippen molar-refractivity contribution in [1.29, 1.82) is 0 Å². The van der Waals surface area contributed by atoms with Crippen molar-refractivity contribution >= 4 is 22.9 Å². The summed E-state index contributed by atoms with van der Waals surface area (Å²) in [7, 11) is 0. The van der Waals surface area contributed by atoms with Crippen LogP contribution in [0.1, 0.15) is 10.9 Å². The van der Waals surface area contributed by atoms with Crippen LogP contribution in [0.2, 0.25) is 5.02 Å². The number of nitrogens with two attached hydrogens (primary N) is 2. The van der Waals surface area contributed by atoms with E-state index in [2.05, 4.69) is 0 Å². The van der Waals surface area contributed by atoms with Crippen LogP contribution in [0.3, 0.4) is 0 Å². The molecule has 0 bridgehead atoms. The topological polar surface area (TPSA) is 52.0 Å². The van der Waals surface area contributed by atoms with E-state index in [4.69, 9.17) is 23.1 Å². The van der Waals surface area contributed by atoms with Gasteiger partial charge in [0, 0.05) is 16.8 Å². The first-order chi connectivity index (χ1) is 4.74. The molecular weight excluding hydrogens is 168 g/mol. The lowest BCUT2D eigenvalue weighted by molar-refractivity contribution is 0.752. The second-order valence-corrected chi connectivity index (χ2v) is 3.39. The minimum atomic E-state index is -0.0579. The minimum Gasteiger partial charge on any atom is -0.329 e. The van der Waals surface area contributed by atoms with Gasteiger partial charge >= 0.3 is 0 Å². The highest BCUT2D eigenvalue weighted by Gasteiger charge is 2.04. The van der Waals surface area contributed by atoms with Gasteiger partial charge in [-0.3, -0.25) is 0 Å². The van der Waals surface area contributed by atoms with Gasteiger partial charge in [-0.25, -0.2) is 0 Å². The summed E-state index contributed by atoms with van der Waals surface area (Å²) in [6, 6.07) is 1.79. The van der Waals surface area contributed by atoms with E-state index in [1.807, 2.05) is 11.4 Å². The molecule has 4 heteroatoms. The molecule has 0 aliphatic carbocycles. The quantitative estimate of drug-likeness (QED) is 0.715. The van der Waals surface area contributed by atoms with Gasteiger partial charge in [-0.15, -0.1) is 11.3 Å². The van der Waals surface area contributed by atoms with E-state index in [1.165, 1.54) is 0 Å². The summed E-state index contributed by atoms with van der Waals surface area (Å²) in [6.07, 6.45) is 0. The molecule has 1 heterocycles. The van der Waals surface area contributed by atoms with E-state index in [-0.39, 0.29) is 6.04 Å². The fourth-order valence-corrected chi connectivity index (χ4v) is 1.74. The largest absolute Gasteiger partial charge is 0.329 e. The second-order valence-electron chi connectivity index (χ2n) is 2.01. The Morgan fingerprint density at radius 2 is 2.40 bits per heavy atom. The van der Waals surface area contributed by atoms with E-state index in [1.54, 1.807) is 11.3 Å². The molecule has 1 atom stereocenters. The molecule has 10 heavy (non-hydrogen) atoms. The van der Waals surface area contributed by atoms with E-state index < -0.39 is 0 Å². The third-order valence-corrected chi connectivity index (χ3v) is 2.62. The minimum absolute atomic E-state index is 0.0579. The summed E-state index contributed by atoms with van der Waals surface area (Å²) in [5.41, 5.74) is 11.0. The van der Waals surface area contributed by atoms with Crippen molar-refractivity contribution in [3.63, 3.8) is 0 Å². The highest BCUT2D eigenvalue weighted by molar-refractivity contribution is 7.10. The monoisotopic (exact) mass is 176 g/mol. The molecule has 1 rings (SSSR count). The van der Waals surface area contributed by atoms with Crippen molar-refractivity contribution in [2.24, 2.45) is 11.5 Å². The maximum Gasteiger partial charge on any atom is 0.0516 e. The maximum atomic E-state index is 5.68. The van der Waals surface area contributed by atoms with E-state index >= 15 is 0 Å². The second kappa shape index (κ2) is 3.34. The average Bonchev–Trinajstić information content (AvgIpc) is 2.34. The van der Waals surface area contributed by atoms with Crippen molar-refractivity contribution in [3.05, 3.63) is 21.3 Å². The van der Waals surface area contributed by atoms with Gasteiger partial charge in [-0.2, -0.15) is 0 Å². The van der Waals surface area contributed by atoms with Crippen LogP contribution in [0.15, 0.2) is 11.4 Å². The first-order valence-electron chi connectivity index (χ1n) is 2.93. The highest BCUT2D eigenvalue weighted by Crippen LogP contribution is 2.22. The summed E-state index contributed by atoms with van der Waals surface area (Å²) < 4.78 is 0. The first kappa shape index (κ1) is 8.01. The normalized spacial score (nSPS) is 13.5. The van der Waals surface area contributed by atoms with Crippen LogP contribution in [0.25, 0.3) is 0 Å². The Morgan fingerprint density at radius 1 is 1.70 bits per heavy atom. The lowest BCUT2D eigenvalue weighted by Crippen LogP contribution is -2.19. The van der Waals surface area contributed by atoms with Crippen molar-refractivity contribution in [1.82, 2.24) is 0 Å². The smallest absolute Gasteiger partial charge is 0.0516 e. The number of thiophene rings is 1. The number of halogens is 1. The van der Waals surface area contributed by atoms with Crippen LogP contribution in [0.4, 0.5) is 0 Å². The van der Waals surface area contributed by atoms with Gasteiger partial charge in [0.15, 0.2) is 0 Å². The fourth-order valence-electron chi connectivity index (χ4n) is 0.639. The molecule has 0 fully saturated rings. The van der Waals surface area contributed by atoms with Crippen LogP contribution in [-0.2, 0) is 0 Å². The molecule has 0 spiro atoms. The van der Waals surface area contributed by atoms with Gasteiger partial charge in [-0.1, -0.05) is 11.6 Å². The van der Waals surface area contributed by atoms with E-state index in [9.17, 15) is 0 Å². The van der Waals surface area contributed by atoms with Gasteiger partial charge in [0.1, 0.15) is 0 Å². The molecule has 2 nitrogen and oxygen atoms in total. The van der Waals surface area contributed by atoms with Crippen LogP contribution in [0.5, 0.6) is 0 Å². The van der Waals surface area contributed by atoms with Crippen molar-refractivity contribution < 1.29 is 0 Å². The molecule has 4 N–H and O–H groups in total. The number of rotatable bonds is 2. The number of hydrogen-bond donors (Lipinski definition) is 2. The van der Waals surface area contributed by atoms with Gasteiger partial charge in [0.25, 0.3) is 0 Å². The average molecular weight is 177 g/mol. The zero-order valence-electron chi connectivity index (χ0n) is 5.38. The standard InChI is InChI=1S/C6H9ClN2S/c7-4-1-6(10-3-4)5(9)2-8/h1,3,5H,2,8-9H2. The zero-order valence-corrected chi connectivity index (χ0v) is 6.95. The Kier molecular flexibility index (Phi) is 2.68. The number of hydrogen-bond acceptors (Lipinski definition) is 3. The predicted molar refractivity (Wildman–Crippen MR) is 45.3 cm³/mol. The lowest BCUT2D eigenvalue weighted by Gasteiger charge is -2.02. The van der Waals surface area contributed by atoms with Gasteiger partial charge < -0.3 is 11.5 Å². The van der Waals surface area contributed by atoms with Gasteiger partial charge in [0.2, 0.25) is 0 Å². The van der Waals surface area contributed by atoms with Gasteiger partial charge in [0.05, 0.1) is 11.1 Å². The summed E-state index contributed by atoms with van der Waals surface area (Å²) in [5.74, 6) is 0. The summed E-state index contributed by atoms with van der Waals surface area (Å²) >= 11 is 7.22.